The first-order valence-corrected chi connectivity index (χ1v) is 20.4. The van der Waals surface area contributed by atoms with Crippen LogP contribution in [-0.4, -0.2) is 61.9 Å². The molecule has 0 radical (unpaired) electrons. The monoisotopic (exact) mass is 692 g/mol. The summed E-state index contributed by atoms with van der Waals surface area (Å²) < 4.78 is 96.8. The standard InChI is InChI=1S/C33H56O11S2/c1-8-13-33-40-26-17-24-22-11-10-21-16-25(42-45(34,35)36)27(43-46(37,38)39)18-31(21,6)23(22)12-14-30(24,5)29(26)32(7,44-33)28(41-33)15-20(9-2)19(3)4/h19-29H,8-18H2,1-7H3,(H,34,35,36)(H,37,38,39)/t20?,21-,22?,23?,24-,25-,26?,27-,28?,29?,30-,31-,32-,33?/m0/s1. The van der Waals surface area contributed by atoms with E-state index in [1.165, 1.54) is 0 Å². The molecule has 46 heavy (non-hydrogen) atoms. The van der Waals surface area contributed by atoms with E-state index >= 15 is 0 Å². The smallest absolute Gasteiger partial charge is 0.324 e. The molecule has 0 amide bonds. The van der Waals surface area contributed by atoms with Crippen molar-refractivity contribution in [1.82, 2.24) is 0 Å². The fourth-order valence-electron chi connectivity index (χ4n) is 12.1. The Morgan fingerprint density at radius 3 is 2.15 bits per heavy atom. The zero-order valence-electron chi connectivity index (χ0n) is 28.5. The van der Waals surface area contributed by atoms with E-state index in [0.717, 1.165) is 51.4 Å². The molecule has 2 saturated heterocycles. The number of hydrogen-bond donors (Lipinski definition) is 2. The highest BCUT2D eigenvalue weighted by atomic mass is 32.3. The van der Waals surface area contributed by atoms with Crippen LogP contribution in [-0.2, 0) is 43.4 Å². The van der Waals surface area contributed by atoms with Gasteiger partial charge in [-0.2, -0.15) is 16.8 Å². The van der Waals surface area contributed by atoms with Crippen molar-refractivity contribution < 1.29 is 48.5 Å². The molecule has 14 atom stereocenters. The Balaban J connectivity index is 1.30. The fourth-order valence-corrected chi connectivity index (χ4v) is 13.1. The maximum absolute atomic E-state index is 11.8. The van der Waals surface area contributed by atoms with Crippen molar-refractivity contribution in [3.63, 3.8) is 0 Å². The van der Waals surface area contributed by atoms with E-state index in [2.05, 4.69) is 48.5 Å². The molecular weight excluding hydrogens is 636 g/mol. The lowest BCUT2D eigenvalue weighted by molar-refractivity contribution is -0.403. The molecule has 0 aromatic rings. The second-order valence-electron chi connectivity index (χ2n) is 16.6. The van der Waals surface area contributed by atoms with Gasteiger partial charge in [0.05, 0.1) is 12.2 Å². The van der Waals surface area contributed by atoms with Crippen molar-refractivity contribution in [2.24, 2.45) is 52.3 Å². The van der Waals surface area contributed by atoms with Crippen LogP contribution in [0.1, 0.15) is 119 Å². The average Bonchev–Trinajstić information content (AvgIpc) is 3.33. The SMILES string of the molecule is CCCC12OC3C[C@H]4C5CC[C@H]6C[C@H](OS(=O)(=O)O)[C@@H](OS(=O)(=O)O)C[C@]6(C)C5CC[C@]4(C)C3[C@@](C)(O1)C(CC(CC)C(C)C)O2. The molecule has 0 spiro atoms. The van der Waals surface area contributed by atoms with Crippen LogP contribution in [0.25, 0.3) is 0 Å². The first kappa shape index (κ1) is 35.4. The van der Waals surface area contributed by atoms with Crippen molar-refractivity contribution in [1.29, 1.82) is 0 Å². The van der Waals surface area contributed by atoms with E-state index in [0.29, 0.717) is 30.1 Å². The van der Waals surface area contributed by atoms with Gasteiger partial charge < -0.3 is 14.2 Å². The first-order valence-electron chi connectivity index (χ1n) is 17.6. The van der Waals surface area contributed by atoms with E-state index < -0.39 is 44.6 Å². The predicted molar refractivity (Wildman–Crippen MR) is 169 cm³/mol. The second kappa shape index (κ2) is 11.9. The molecule has 6 aliphatic rings. The van der Waals surface area contributed by atoms with E-state index in [1.807, 2.05) is 0 Å². The third-order valence-corrected chi connectivity index (χ3v) is 14.9. The number of ether oxygens (including phenoxy) is 3. The van der Waals surface area contributed by atoms with Gasteiger partial charge >= 0.3 is 20.8 Å². The summed E-state index contributed by atoms with van der Waals surface area (Å²) in [5.74, 6) is 1.26. The van der Waals surface area contributed by atoms with Crippen LogP contribution in [0.15, 0.2) is 0 Å². The van der Waals surface area contributed by atoms with E-state index in [9.17, 15) is 25.9 Å². The highest BCUT2D eigenvalue weighted by molar-refractivity contribution is 7.81. The molecule has 7 unspecified atom stereocenters. The van der Waals surface area contributed by atoms with Crippen molar-refractivity contribution in [2.45, 2.75) is 155 Å². The Hall–Kier alpha value is -0.380. The van der Waals surface area contributed by atoms with E-state index in [4.69, 9.17) is 22.6 Å². The van der Waals surface area contributed by atoms with Crippen LogP contribution in [0, 0.1) is 52.3 Å². The maximum atomic E-state index is 11.8. The minimum atomic E-state index is -4.89. The zero-order chi connectivity index (χ0) is 33.7. The van der Waals surface area contributed by atoms with Crippen LogP contribution in [0.5, 0.6) is 0 Å². The molecule has 0 aromatic heterocycles. The van der Waals surface area contributed by atoms with Crippen LogP contribution >= 0.6 is 0 Å². The molecule has 2 aliphatic heterocycles. The van der Waals surface area contributed by atoms with Gasteiger partial charge in [0.1, 0.15) is 17.8 Å². The molecule has 6 fully saturated rings. The highest BCUT2D eigenvalue weighted by Gasteiger charge is 2.74. The lowest BCUT2D eigenvalue weighted by Crippen LogP contribution is -2.61. The lowest BCUT2D eigenvalue weighted by Gasteiger charge is -2.62. The molecule has 13 heteroatoms. The van der Waals surface area contributed by atoms with E-state index in [1.54, 1.807) is 0 Å². The van der Waals surface area contributed by atoms with Crippen molar-refractivity contribution in [2.75, 3.05) is 0 Å². The van der Waals surface area contributed by atoms with Gasteiger partial charge in [-0.25, -0.2) is 8.37 Å². The normalized spacial score (nSPS) is 49.2. The van der Waals surface area contributed by atoms with Crippen molar-refractivity contribution >= 4 is 20.8 Å². The Kier molecular flexibility index (Phi) is 9.14. The van der Waals surface area contributed by atoms with Crippen LogP contribution < -0.4 is 0 Å². The predicted octanol–water partition coefficient (Wildman–Crippen LogP) is 6.34. The minimum Gasteiger partial charge on any atom is -0.324 e. The number of fused-ring (bicyclic) bond motifs is 10. The third-order valence-electron chi connectivity index (χ3n) is 14.0. The Labute approximate surface area is 276 Å². The van der Waals surface area contributed by atoms with Gasteiger partial charge in [-0.05, 0) is 111 Å². The van der Waals surface area contributed by atoms with Crippen LogP contribution in [0.3, 0.4) is 0 Å². The molecule has 11 nitrogen and oxygen atoms in total. The summed E-state index contributed by atoms with van der Waals surface area (Å²) in [5, 5.41) is 0. The van der Waals surface area contributed by atoms with Gasteiger partial charge in [-0.3, -0.25) is 9.11 Å². The summed E-state index contributed by atoms with van der Waals surface area (Å²) in [6, 6.07) is 0. The Bertz CT molecular complexity index is 1370. The topological polar surface area (TPSA) is 155 Å². The first-order chi connectivity index (χ1) is 21.3. The highest BCUT2D eigenvalue weighted by Crippen LogP contribution is 2.72. The fraction of sp³-hybridized carbons (Fsp3) is 1.00. The van der Waals surface area contributed by atoms with Gasteiger partial charge in [0.15, 0.2) is 0 Å². The van der Waals surface area contributed by atoms with Gasteiger partial charge in [-0.1, -0.05) is 48.0 Å². The Morgan fingerprint density at radius 2 is 1.54 bits per heavy atom. The molecule has 2 heterocycles. The molecule has 266 valence electrons. The molecule has 2 bridgehead atoms. The summed E-state index contributed by atoms with van der Waals surface area (Å²) in [4.78, 5) is 0. The zero-order valence-corrected chi connectivity index (χ0v) is 30.1. The summed E-state index contributed by atoms with van der Waals surface area (Å²) in [6.45, 7) is 15.9. The number of rotatable bonds is 10. The molecule has 2 N–H and O–H groups in total. The van der Waals surface area contributed by atoms with Crippen molar-refractivity contribution in [3.05, 3.63) is 0 Å². The molecule has 4 saturated carbocycles. The Morgan fingerprint density at radius 1 is 0.870 bits per heavy atom. The van der Waals surface area contributed by atoms with Gasteiger partial charge in [0.2, 0.25) is 0 Å². The average molecular weight is 693 g/mol. The van der Waals surface area contributed by atoms with Crippen LogP contribution in [0.2, 0.25) is 0 Å². The molecule has 6 rings (SSSR count). The van der Waals surface area contributed by atoms with Gasteiger partial charge in [-0.15, -0.1) is 0 Å². The number of hydrogen-bond acceptors (Lipinski definition) is 9. The maximum Gasteiger partial charge on any atom is 0.397 e. The summed E-state index contributed by atoms with van der Waals surface area (Å²) in [5.41, 5.74) is -0.881. The lowest BCUT2D eigenvalue weighted by atomic mass is 9.44. The summed E-state index contributed by atoms with van der Waals surface area (Å²) in [7, 11) is -9.74. The summed E-state index contributed by atoms with van der Waals surface area (Å²) in [6.07, 6.45) is 6.17. The van der Waals surface area contributed by atoms with Crippen molar-refractivity contribution in [3.8, 4) is 0 Å². The summed E-state index contributed by atoms with van der Waals surface area (Å²) >= 11 is 0. The molecule has 4 aliphatic carbocycles. The second-order valence-corrected chi connectivity index (χ2v) is 18.7. The molecule has 0 aromatic carbocycles. The van der Waals surface area contributed by atoms with E-state index in [-0.39, 0.29) is 53.6 Å². The minimum absolute atomic E-state index is 0.0169. The largest absolute Gasteiger partial charge is 0.397 e. The quantitative estimate of drug-likeness (QED) is 0.247. The third kappa shape index (κ3) is 5.93. The van der Waals surface area contributed by atoms with Crippen LogP contribution in [0.4, 0.5) is 0 Å². The molecular formula is C33H56O11S2. The van der Waals surface area contributed by atoms with Gasteiger partial charge in [0.25, 0.3) is 5.97 Å². The van der Waals surface area contributed by atoms with Gasteiger partial charge in [0, 0.05) is 12.3 Å².